The zero-order valence-corrected chi connectivity index (χ0v) is 30.9. The number of fused-ring (bicyclic) bond motifs is 6. The molecule has 0 atom stereocenters. The molecule has 0 unspecified atom stereocenters. The van der Waals surface area contributed by atoms with Crippen molar-refractivity contribution >= 4 is 71.3 Å². The molecule has 11 rings (SSSR count). The lowest BCUT2D eigenvalue weighted by Gasteiger charge is -2.28. The van der Waals surface area contributed by atoms with Crippen LogP contribution in [0.4, 0.5) is 21.5 Å². The minimum atomic E-state index is -0.217. The van der Waals surface area contributed by atoms with Crippen LogP contribution in [0, 0.1) is 5.82 Å². The van der Waals surface area contributed by atoms with E-state index in [1.54, 1.807) is 6.07 Å². The van der Waals surface area contributed by atoms with Crippen LogP contribution in [-0.2, 0) is 0 Å². The van der Waals surface area contributed by atoms with Gasteiger partial charge in [0.2, 0.25) is 0 Å². The third-order valence-corrected chi connectivity index (χ3v) is 11.3. The molecule has 0 aliphatic heterocycles. The van der Waals surface area contributed by atoms with E-state index in [1.807, 2.05) is 42.5 Å². The summed E-state index contributed by atoms with van der Waals surface area (Å²) in [6.07, 6.45) is 0. The van der Waals surface area contributed by atoms with Gasteiger partial charge in [-0.25, -0.2) is 4.39 Å². The molecular formula is C54H34FNO. The van der Waals surface area contributed by atoms with Gasteiger partial charge in [0.25, 0.3) is 0 Å². The topological polar surface area (TPSA) is 16.4 Å². The normalized spacial score (nSPS) is 11.6. The van der Waals surface area contributed by atoms with E-state index in [2.05, 4.69) is 163 Å². The number of nitrogens with zero attached hydrogens (tertiary/aromatic N) is 1. The van der Waals surface area contributed by atoms with Gasteiger partial charge in [-0.15, -0.1) is 0 Å². The molecule has 1 heterocycles. The van der Waals surface area contributed by atoms with Crippen LogP contribution in [0.25, 0.3) is 87.6 Å². The number of hydrogen-bond donors (Lipinski definition) is 0. The van der Waals surface area contributed by atoms with Crippen molar-refractivity contribution in [3.8, 4) is 33.4 Å². The predicted molar refractivity (Wildman–Crippen MR) is 237 cm³/mol. The SMILES string of the molecule is Fc1ccc(-c2ccc(N(c3ccc(-c4cccc5cccc(-c6ccccc6)c45)cc3)c3ccc4c(c3)oc3ccccc34)c3ccccc23)c2ccccc12. The lowest BCUT2D eigenvalue weighted by molar-refractivity contribution is 0.640. The molecule has 0 saturated carbocycles. The maximum atomic E-state index is 15.0. The summed E-state index contributed by atoms with van der Waals surface area (Å²) in [4.78, 5) is 2.32. The molecule has 3 heteroatoms. The van der Waals surface area contributed by atoms with E-state index in [0.29, 0.717) is 5.39 Å². The van der Waals surface area contributed by atoms with Gasteiger partial charge in [-0.2, -0.15) is 0 Å². The first kappa shape index (κ1) is 32.9. The van der Waals surface area contributed by atoms with E-state index in [4.69, 9.17) is 4.42 Å². The highest BCUT2D eigenvalue weighted by molar-refractivity contribution is 6.12. The van der Waals surface area contributed by atoms with Crippen LogP contribution in [0.5, 0.6) is 0 Å². The summed E-state index contributed by atoms with van der Waals surface area (Å²) in [6.45, 7) is 0. The monoisotopic (exact) mass is 731 g/mol. The van der Waals surface area contributed by atoms with Gasteiger partial charge in [-0.3, -0.25) is 0 Å². The van der Waals surface area contributed by atoms with Gasteiger partial charge in [-0.05, 0) is 97.4 Å². The number of hydrogen-bond acceptors (Lipinski definition) is 2. The minimum absolute atomic E-state index is 0.217. The number of anilines is 3. The highest BCUT2D eigenvalue weighted by atomic mass is 19.1. The molecule has 0 aliphatic rings. The van der Waals surface area contributed by atoms with Gasteiger partial charge in [0.05, 0.1) is 5.69 Å². The van der Waals surface area contributed by atoms with Gasteiger partial charge < -0.3 is 9.32 Å². The van der Waals surface area contributed by atoms with Crippen molar-refractivity contribution in [1.29, 1.82) is 0 Å². The summed E-state index contributed by atoms with van der Waals surface area (Å²) in [5, 5.41) is 8.30. The zero-order valence-electron chi connectivity index (χ0n) is 30.9. The van der Waals surface area contributed by atoms with Crippen LogP contribution in [0.2, 0.25) is 0 Å². The van der Waals surface area contributed by atoms with E-state index in [9.17, 15) is 0 Å². The first-order valence-corrected chi connectivity index (χ1v) is 19.3. The molecule has 57 heavy (non-hydrogen) atoms. The summed E-state index contributed by atoms with van der Waals surface area (Å²) in [5.74, 6) is -0.217. The Labute approximate surface area is 329 Å². The second-order valence-corrected chi connectivity index (χ2v) is 14.6. The average molecular weight is 732 g/mol. The summed E-state index contributed by atoms with van der Waals surface area (Å²) in [5.41, 5.74) is 11.5. The molecule has 0 radical (unpaired) electrons. The maximum absolute atomic E-state index is 15.0. The van der Waals surface area contributed by atoms with Crippen molar-refractivity contribution in [1.82, 2.24) is 0 Å². The van der Waals surface area contributed by atoms with Gasteiger partial charge in [-0.1, -0.05) is 158 Å². The zero-order chi connectivity index (χ0) is 37.9. The molecular weight excluding hydrogens is 698 g/mol. The van der Waals surface area contributed by atoms with Crippen molar-refractivity contribution < 1.29 is 8.81 Å². The number of rotatable bonds is 6. The van der Waals surface area contributed by atoms with Crippen LogP contribution >= 0.6 is 0 Å². The molecule has 0 N–H and O–H groups in total. The number of benzene rings is 10. The number of furan rings is 1. The Morgan fingerprint density at radius 2 is 0.912 bits per heavy atom. The standard InChI is InChI=1S/C54H34FNO/c55-50-32-30-44(42-16-4-6-18-46(42)50)45-31-33-51(47-19-7-5-17-43(45)47)56(39-28-29-49-48-20-8-9-23-52(48)57-53(49)34-39)38-26-24-36(25-27-38)41-22-11-15-37-14-10-21-40(54(37)41)35-12-2-1-3-13-35/h1-34H. The quantitative estimate of drug-likeness (QED) is 0.169. The van der Waals surface area contributed by atoms with E-state index in [-0.39, 0.29) is 5.82 Å². The molecule has 0 aliphatic carbocycles. The smallest absolute Gasteiger partial charge is 0.137 e. The summed E-state index contributed by atoms with van der Waals surface area (Å²) in [7, 11) is 0. The Morgan fingerprint density at radius 3 is 1.65 bits per heavy atom. The van der Waals surface area contributed by atoms with E-state index >= 15 is 4.39 Å². The van der Waals surface area contributed by atoms with E-state index in [0.717, 1.165) is 71.8 Å². The fourth-order valence-corrected chi connectivity index (χ4v) is 8.72. The third-order valence-electron chi connectivity index (χ3n) is 11.3. The maximum Gasteiger partial charge on any atom is 0.137 e. The highest BCUT2D eigenvalue weighted by Crippen LogP contribution is 2.45. The van der Waals surface area contributed by atoms with Crippen molar-refractivity contribution in [2.75, 3.05) is 4.90 Å². The first-order valence-electron chi connectivity index (χ1n) is 19.3. The first-order chi connectivity index (χ1) is 28.2. The number of para-hydroxylation sites is 1. The molecule has 0 spiro atoms. The Hall–Kier alpha value is -7.49. The molecule has 268 valence electrons. The lowest BCUT2D eigenvalue weighted by atomic mass is 9.91. The molecule has 0 saturated heterocycles. The molecule has 2 nitrogen and oxygen atoms in total. The molecule has 0 bridgehead atoms. The Balaban J connectivity index is 1.11. The van der Waals surface area contributed by atoms with Crippen LogP contribution in [-0.4, -0.2) is 0 Å². The van der Waals surface area contributed by atoms with Crippen molar-refractivity contribution in [2.45, 2.75) is 0 Å². The Morgan fingerprint density at radius 1 is 0.351 bits per heavy atom. The van der Waals surface area contributed by atoms with Gasteiger partial charge in [0.15, 0.2) is 0 Å². The Bertz CT molecular complexity index is 3300. The fourth-order valence-electron chi connectivity index (χ4n) is 8.72. The molecule has 11 aromatic rings. The van der Waals surface area contributed by atoms with Crippen molar-refractivity contribution in [2.24, 2.45) is 0 Å². The van der Waals surface area contributed by atoms with Crippen LogP contribution < -0.4 is 4.90 Å². The van der Waals surface area contributed by atoms with Crippen LogP contribution in [0.3, 0.4) is 0 Å². The van der Waals surface area contributed by atoms with Crippen molar-refractivity contribution in [3.63, 3.8) is 0 Å². The largest absolute Gasteiger partial charge is 0.456 e. The third kappa shape index (κ3) is 5.47. The highest BCUT2D eigenvalue weighted by Gasteiger charge is 2.20. The van der Waals surface area contributed by atoms with Crippen molar-refractivity contribution in [3.05, 3.63) is 212 Å². The lowest BCUT2D eigenvalue weighted by Crippen LogP contribution is -2.10. The van der Waals surface area contributed by atoms with Gasteiger partial charge >= 0.3 is 0 Å². The fraction of sp³-hybridized carbons (Fsp3) is 0. The van der Waals surface area contributed by atoms with E-state index < -0.39 is 0 Å². The predicted octanol–water partition coefficient (Wildman–Crippen LogP) is 15.7. The van der Waals surface area contributed by atoms with Gasteiger partial charge in [0, 0.05) is 39.0 Å². The Kier molecular flexibility index (Phi) is 7.71. The van der Waals surface area contributed by atoms with E-state index in [1.165, 1.54) is 27.5 Å². The second-order valence-electron chi connectivity index (χ2n) is 14.6. The summed E-state index contributed by atoms with van der Waals surface area (Å²) >= 11 is 0. The summed E-state index contributed by atoms with van der Waals surface area (Å²) < 4.78 is 21.5. The molecule has 10 aromatic carbocycles. The van der Waals surface area contributed by atoms with Gasteiger partial charge in [0.1, 0.15) is 17.0 Å². The van der Waals surface area contributed by atoms with Crippen LogP contribution in [0.1, 0.15) is 0 Å². The number of halogens is 1. The molecule has 0 amide bonds. The molecule has 0 fully saturated rings. The minimum Gasteiger partial charge on any atom is -0.456 e. The second kappa shape index (κ2) is 13.4. The molecule has 1 aromatic heterocycles. The van der Waals surface area contributed by atoms with Crippen LogP contribution in [0.15, 0.2) is 211 Å². The average Bonchev–Trinajstić information content (AvgIpc) is 3.65. The summed E-state index contributed by atoms with van der Waals surface area (Å²) in [6, 6.07) is 71.4.